The van der Waals surface area contributed by atoms with E-state index in [2.05, 4.69) is 17.1 Å². The van der Waals surface area contributed by atoms with Crippen molar-refractivity contribution in [2.75, 3.05) is 31.6 Å². The second-order valence-electron chi connectivity index (χ2n) is 5.50. The normalized spacial score (nSPS) is 19.2. The van der Waals surface area contributed by atoms with Crippen LogP contribution in [-0.2, 0) is 11.2 Å². The highest BCUT2D eigenvalue weighted by atomic mass is 16.3. The monoisotopic (exact) mass is 276 g/mol. The molecule has 0 saturated carbocycles. The van der Waals surface area contributed by atoms with Crippen LogP contribution >= 0.6 is 0 Å². The van der Waals surface area contributed by atoms with Crippen LogP contribution in [0.1, 0.15) is 25.3 Å². The van der Waals surface area contributed by atoms with Crippen LogP contribution in [0.2, 0.25) is 0 Å². The third-order valence-electron chi connectivity index (χ3n) is 3.92. The number of nitrogens with one attached hydrogen (secondary N) is 1. The number of hydrogen-bond acceptors (Lipinski definition) is 3. The molecule has 0 spiro atoms. The van der Waals surface area contributed by atoms with Gasteiger partial charge in [0.25, 0.3) is 0 Å². The van der Waals surface area contributed by atoms with Crippen molar-refractivity contribution in [2.24, 2.45) is 5.92 Å². The maximum absolute atomic E-state index is 12.0. The standard InChI is InChI=1S/C16H24N2O2/c1-2-13-3-5-15(6-4-13)17-16(20)12-18-9-7-14(11-18)8-10-19/h3-6,14,19H,2,7-12H2,1H3,(H,17,20). The van der Waals surface area contributed by atoms with Crippen molar-refractivity contribution in [3.05, 3.63) is 29.8 Å². The zero-order chi connectivity index (χ0) is 14.4. The average molecular weight is 276 g/mol. The van der Waals surface area contributed by atoms with E-state index >= 15 is 0 Å². The Bertz CT molecular complexity index is 431. The van der Waals surface area contributed by atoms with Crippen molar-refractivity contribution in [1.82, 2.24) is 4.90 Å². The maximum Gasteiger partial charge on any atom is 0.238 e. The molecule has 0 aromatic heterocycles. The summed E-state index contributed by atoms with van der Waals surface area (Å²) in [6.07, 6.45) is 2.93. The van der Waals surface area contributed by atoms with Crippen LogP contribution in [0, 0.1) is 5.92 Å². The largest absolute Gasteiger partial charge is 0.396 e. The zero-order valence-electron chi connectivity index (χ0n) is 12.1. The molecule has 1 saturated heterocycles. The summed E-state index contributed by atoms with van der Waals surface area (Å²) < 4.78 is 0. The van der Waals surface area contributed by atoms with Crippen LogP contribution in [0.15, 0.2) is 24.3 Å². The Morgan fingerprint density at radius 1 is 1.40 bits per heavy atom. The van der Waals surface area contributed by atoms with Gasteiger partial charge in [-0.05, 0) is 49.4 Å². The first-order chi connectivity index (χ1) is 9.71. The van der Waals surface area contributed by atoms with Gasteiger partial charge < -0.3 is 10.4 Å². The molecule has 1 amide bonds. The molecule has 0 radical (unpaired) electrons. The molecular formula is C16H24N2O2. The Morgan fingerprint density at radius 3 is 2.80 bits per heavy atom. The van der Waals surface area contributed by atoms with E-state index in [1.807, 2.05) is 24.3 Å². The highest BCUT2D eigenvalue weighted by molar-refractivity contribution is 5.92. The first kappa shape index (κ1) is 15.0. The lowest BCUT2D eigenvalue weighted by Crippen LogP contribution is -2.31. The Labute approximate surface area is 120 Å². The van der Waals surface area contributed by atoms with Crippen molar-refractivity contribution >= 4 is 11.6 Å². The molecule has 2 rings (SSSR count). The molecule has 1 aromatic rings. The SMILES string of the molecule is CCc1ccc(NC(=O)CN2CCC(CCO)C2)cc1. The highest BCUT2D eigenvalue weighted by Gasteiger charge is 2.23. The Hall–Kier alpha value is -1.39. The maximum atomic E-state index is 12.0. The zero-order valence-corrected chi connectivity index (χ0v) is 12.1. The number of carbonyl (C=O) groups is 1. The van der Waals surface area contributed by atoms with E-state index in [1.165, 1.54) is 5.56 Å². The number of nitrogens with zero attached hydrogens (tertiary/aromatic N) is 1. The van der Waals surface area contributed by atoms with E-state index in [9.17, 15) is 4.79 Å². The molecule has 1 atom stereocenters. The second-order valence-corrected chi connectivity index (χ2v) is 5.50. The van der Waals surface area contributed by atoms with Gasteiger partial charge in [0.05, 0.1) is 6.54 Å². The summed E-state index contributed by atoms with van der Waals surface area (Å²) in [5.74, 6) is 0.579. The van der Waals surface area contributed by atoms with Crippen molar-refractivity contribution in [3.63, 3.8) is 0 Å². The van der Waals surface area contributed by atoms with Crippen LogP contribution in [0.3, 0.4) is 0 Å². The molecule has 1 unspecified atom stereocenters. The van der Waals surface area contributed by atoms with Crippen LogP contribution in [0.4, 0.5) is 5.69 Å². The topological polar surface area (TPSA) is 52.6 Å². The molecule has 4 heteroatoms. The third-order valence-corrected chi connectivity index (χ3v) is 3.92. The molecule has 2 N–H and O–H groups in total. The van der Waals surface area contributed by atoms with Crippen LogP contribution < -0.4 is 5.32 Å². The van der Waals surface area contributed by atoms with Gasteiger partial charge in [0.15, 0.2) is 0 Å². The average Bonchev–Trinajstić information content (AvgIpc) is 2.87. The first-order valence-electron chi connectivity index (χ1n) is 7.43. The number of amides is 1. The summed E-state index contributed by atoms with van der Waals surface area (Å²) in [6, 6.07) is 8.00. The predicted molar refractivity (Wildman–Crippen MR) is 80.7 cm³/mol. The van der Waals surface area contributed by atoms with Crippen molar-refractivity contribution in [1.29, 1.82) is 0 Å². The van der Waals surface area contributed by atoms with Gasteiger partial charge in [-0.1, -0.05) is 19.1 Å². The summed E-state index contributed by atoms with van der Waals surface area (Å²) in [5, 5.41) is 11.9. The van der Waals surface area contributed by atoms with E-state index < -0.39 is 0 Å². The molecule has 1 aromatic carbocycles. The number of benzene rings is 1. The van der Waals surface area contributed by atoms with Crippen LogP contribution in [0.5, 0.6) is 0 Å². The quantitative estimate of drug-likeness (QED) is 0.834. The molecule has 0 bridgehead atoms. The first-order valence-corrected chi connectivity index (χ1v) is 7.43. The fourth-order valence-corrected chi connectivity index (χ4v) is 2.70. The lowest BCUT2D eigenvalue weighted by atomic mass is 10.1. The van der Waals surface area contributed by atoms with E-state index in [4.69, 9.17) is 5.11 Å². The number of rotatable bonds is 6. The summed E-state index contributed by atoms with van der Waals surface area (Å²) in [6.45, 7) is 4.67. The number of carbonyl (C=O) groups excluding carboxylic acids is 1. The van der Waals surface area contributed by atoms with Crippen molar-refractivity contribution < 1.29 is 9.90 Å². The van der Waals surface area contributed by atoms with Crippen molar-refractivity contribution in [2.45, 2.75) is 26.2 Å². The van der Waals surface area contributed by atoms with E-state index in [0.29, 0.717) is 12.5 Å². The van der Waals surface area contributed by atoms with Gasteiger partial charge in [0.1, 0.15) is 0 Å². The fourth-order valence-electron chi connectivity index (χ4n) is 2.70. The third kappa shape index (κ3) is 4.32. The minimum absolute atomic E-state index is 0.0406. The van der Waals surface area contributed by atoms with Gasteiger partial charge in [-0.25, -0.2) is 0 Å². The predicted octanol–water partition coefficient (Wildman–Crippen LogP) is 1.89. The molecule has 1 aliphatic heterocycles. The number of likely N-dealkylation sites (tertiary alicyclic amines) is 1. The number of hydrogen-bond donors (Lipinski definition) is 2. The molecule has 1 aliphatic rings. The molecule has 4 nitrogen and oxygen atoms in total. The van der Waals surface area contributed by atoms with Crippen LogP contribution in [-0.4, -0.2) is 42.2 Å². The second kappa shape index (κ2) is 7.41. The molecule has 1 heterocycles. The lowest BCUT2D eigenvalue weighted by Gasteiger charge is -2.15. The Balaban J connectivity index is 1.77. The lowest BCUT2D eigenvalue weighted by molar-refractivity contribution is -0.117. The number of anilines is 1. The minimum atomic E-state index is 0.0406. The Kier molecular flexibility index (Phi) is 5.56. The molecule has 110 valence electrons. The summed E-state index contributed by atoms with van der Waals surface area (Å²) in [5.41, 5.74) is 2.13. The van der Waals surface area contributed by atoms with E-state index in [1.54, 1.807) is 0 Å². The molecule has 0 aliphatic carbocycles. The number of aliphatic hydroxyl groups excluding tert-OH is 1. The number of aryl methyl sites for hydroxylation is 1. The summed E-state index contributed by atoms with van der Waals surface area (Å²) >= 11 is 0. The molecular weight excluding hydrogens is 252 g/mol. The summed E-state index contributed by atoms with van der Waals surface area (Å²) in [7, 11) is 0. The number of aliphatic hydroxyl groups is 1. The van der Waals surface area contributed by atoms with Gasteiger partial charge in [-0.2, -0.15) is 0 Å². The van der Waals surface area contributed by atoms with Gasteiger partial charge >= 0.3 is 0 Å². The van der Waals surface area contributed by atoms with E-state index in [-0.39, 0.29) is 12.5 Å². The molecule has 1 fully saturated rings. The van der Waals surface area contributed by atoms with Gasteiger partial charge in [0.2, 0.25) is 5.91 Å². The highest BCUT2D eigenvalue weighted by Crippen LogP contribution is 2.19. The Morgan fingerprint density at radius 2 is 2.15 bits per heavy atom. The molecule has 20 heavy (non-hydrogen) atoms. The smallest absolute Gasteiger partial charge is 0.238 e. The minimum Gasteiger partial charge on any atom is -0.396 e. The van der Waals surface area contributed by atoms with Gasteiger partial charge in [-0.3, -0.25) is 9.69 Å². The summed E-state index contributed by atoms with van der Waals surface area (Å²) in [4.78, 5) is 14.1. The van der Waals surface area contributed by atoms with Crippen molar-refractivity contribution in [3.8, 4) is 0 Å². The van der Waals surface area contributed by atoms with E-state index in [0.717, 1.165) is 38.0 Å². The van der Waals surface area contributed by atoms with Crippen LogP contribution in [0.25, 0.3) is 0 Å². The fraction of sp³-hybridized carbons (Fsp3) is 0.562. The van der Waals surface area contributed by atoms with Gasteiger partial charge in [0, 0.05) is 18.8 Å². The van der Waals surface area contributed by atoms with Gasteiger partial charge in [-0.15, -0.1) is 0 Å².